The Hall–Kier alpha value is -2.26. The van der Waals surface area contributed by atoms with Crippen molar-refractivity contribution in [3.05, 3.63) is 16.3 Å². The van der Waals surface area contributed by atoms with Gasteiger partial charge in [-0.3, -0.25) is 4.79 Å². The maximum absolute atomic E-state index is 13.1. The number of fused-ring (bicyclic) bond motifs is 1. The number of hydrogen-bond donors (Lipinski definition) is 0. The Labute approximate surface area is 192 Å². The number of thiophene rings is 1. The van der Waals surface area contributed by atoms with Crippen LogP contribution in [-0.4, -0.2) is 71.7 Å². The van der Waals surface area contributed by atoms with E-state index < -0.39 is 0 Å². The fraction of sp³-hybridized carbons (Fsp3) is 0.652. The molecule has 0 aromatic carbocycles. The van der Waals surface area contributed by atoms with Crippen LogP contribution in [0.2, 0.25) is 0 Å². The number of morpholine rings is 1. The fourth-order valence-corrected chi connectivity index (χ4v) is 5.91. The molecule has 2 unspecified atom stereocenters. The van der Waals surface area contributed by atoms with Crippen LogP contribution >= 0.6 is 11.3 Å². The summed E-state index contributed by atoms with van der Waals surface area (Å²) in [5, 5.41) is 0.921. The van der Waals surface area contributed by atoms with Gasteiger partial charge in [0.2, 0.25) is 5.91 Å². The molecule has 2 aromatic rings. The average Bonchev–Trinajstić information content (AvgIpc) is 3.08. The van der Waals surface area contributed by atoms with E-state index in [0.717, 1.165) is 47.5 Å². The number of aromatic nitrogens is 2. The molecule has 2 aliphatic heterocycles. The molecule has 0 N–H and O–H groups in total. The maximum Gasteiger partial charge on any atom is 0.348 e. The Morgan fingerprint density at radius 1 is 1.12 bits per heavy atom. The molecule has 0 saturated carbocycles. The van der Waals surface area contributed by atoms with Crippen molar-refractivity contribution in [2.45, 2.75) is 59.7 Å². The van der Waals surface area contributed by atoms with Crippen LogP contribution < -0.4 is 4.90 Å². The van der Waals surface area contributed by atoms with Gasteiger partial charge in [0.05, 0.1) is 24.2 Å². The Balaban J connectivity index is 1.52. The summed E-state index contributed by atoms with van der Waals surface area (Å²) in [6.45, 7) is 12.8. The van der Waals surface area contributed by atoms with Crippen LogP contribution in [0.1, 0.15) is 54.7 Å². The van der Waals surface area contributed by atoms with Crippen LogP contribution in [0.5, 0.6) is 0 Å². The van der Waals surface area contributed by atoms with Crippen LogP contribution in [0.25, 0.3) is 10.2 Å². The first kappa shape index (κ1) is 22.9. The SMILES string of the molecule is CCOC(=O)c1sc2nc(C)nc(N3CCC(C(=O)N4CC(C)OC(C)C4)CC3)c2c1C. The lowest BCUT2D eigenvalue weighted by Crippen LogP contribution is -2.51. The number of anilines is 1. The summed E-state index contributed by atoms with van der Waals surface area (Å²) in [6.07, 6.45) is 1.74. The monoisotopic (exact) mass is 460 g/mol. The van der Waals surface area contributed by atoms with Crippen molar-refractivity contribution in [3.63, 3.8) is 0 Å². The third-order valence-electron chi connectivity index (χ3n) is 6.22. The molecule has 0 aliphatic carbocycles. The van der Waals surface area contributed by atoms with Crippen molar-refractivity contribution >= 4 is 39.2 Å². The Kier molecular flexibility index (Phi) is 6.67. The standard InChI is InChI=1S/C23H32N4O4S/c1-6-30-23(29)19-15(4)18-20(24-16(5)25-21(18)32-19)26-9-7-17(8-10-26)22(28)27-11-13(2)31-14(3)12-27/h13-14,17H,6-12H2,1-5H3. The summed E-state index contributed by atoms with van der Waals surface area (Å²) in [6, 6.07) is 0. The minimum Gasteiger partial charge on any atom is -0.462 e. The second kappa shape index (κ2) is 9.31. The molecule has 8 nitrogen and oxygen atoms in total. The van der Waals surface area contributed by atoms with Crippen molar-refractivity contribution in [2.75, 3.05) is 37.7 Å². The van der Waals surface area contributed by atoms with Crippen molar-refractivity contribution in [1.82, 2.24) is 14.9 Å². The number of nitrogens with zero attached hydrogens (tertiary/aromatic N) is 4. The molecule has 4 rings (SSSR count). The summed E-state index contributed by atoms with van der Waals surface area (Å²) >= 11 is 1.36. The van der Waals surface area contributed by atoms with E-state index in [4.69, 9.17) is 14.5 Å². The molecule has 0 spiro atoms. The largest absolute Gasteiger partial charge is 0.462 e. The van der Waals surface area contributed by atoms with Gasteiger partial charge in [0, 0.05) is 32.1 Å². The first-order chi connectivity index (χ1) is 15.3. The second-order valence-electron chi connectivity index (χ2n) is 8.81. The molecule has 1 amide bonds. The molecule has 0 bridgehead atoms. The van der Waals surface area contributed by atoms with Crippen molar-refractivity contribution in [1.29, 1.82) is 0 Å². The average molecular weight is 461 g/mol. The number of esters is 1. The van der Waals surface area contributed by atoms with E-state index in [2.05, 4.69) is 9.88 Å². The van der Waals surface area contributed by atoms with Gasteiger partial charge in [-0.05, 0) is 53.0 Å². The molecule has 2 saturated heterocycles. The minimum atomic E-state index is -0.310. The van der Waals surface area contributed by atoms with Crippen molar-refractivity contribution < 1.29 is 19.1 Å². The number of carbonyl (C=O) groups is 2. The van der Waals surface area contributed by atoms with E-state index in [9.17, 15) is 9.59 Å². The van der Waals surface area contributed by atoms with Crippen LogP contribution in [-0.2, 0) is 14.3 Å². The van der Waals surface area contributed by atoms with E-state index >= 15 is 0 Å². The van der Waals surface area contributed by atoms with Gasteiger partial charge in [0.25, 0.3) is 0 Å². The summed E-state index contributed by atoms with van der Waals surface area (Å²) in [5.74, 6) is 1.50. The fourth-order valence-electron chi connectivity index (χ4n) is 4.80. The zero-order valence-corrected chi connectivity index (χ0v) is 20.3. The lowest BCUT2D eigenvalue weighted by atomic mass is 9.94. The number of rotatable bonds is 4. The summed E-state index contributed by atoms with van der Waals surface area (Å²) < 4.78 is 11.0. The number of ether oxygens (including phenoxy) is 2. The van der Waals surface area contributed by atoms with Gasteiger partial charge in [-0.2, -0.15) is 0 Å². The molecule has 2 fully saturated rings. The zero-order valence-electron chi connectivity index (χ0n) is 19.5. The van der Waals surface area contributed by atoms with Crippen LogP contribution in [0.15, 0.2) is 0 Å². The molecular weight excluding hydrogens is 428 g/mol. The highest BCUT2D eigenvalue weighted by atomic mass is 32.1. The predicted molar refractivity (Wildman–Crippen MR) is 124 cm³/mol. The first-order valence-electron chi connectivity index (χ1n) is 11.4. The van der Waals surface area contributed by atoms with Gasteiger partial charge in [-0.1, -0.05) is 0 Å². The smallest absolute Gasteiger partial charge is 0.348 e. The van der Waals surface area contributed by atoms with Crippen LogP contribution in [0, 0.1) is 19.8 Å². The van der Waals surface area contributed by atoms with Gasteiger partial charge in [-0.15, -0.1) is 11.3 Å². The molecule has 2 aliphatic rings. The maximum atomic E-state index is 13.1. The van der Waals surface area contributed by atoms with E-state index in [1.165, 1.54) is 11.3 Å². The number of amides is 1. The lowest BCUT2D eigenvalue weighted by Gasteiger charge is -2.39. The number of aryl methyl sites for hydroxylation is 2. The number of carbonyl (C=O) groups excluding carboxylic acids is 2. The van der Waals surface area contributed by atoms with Gasteiger partial charge in [0.1, 0.15) is 21.3 Å². The molecular formula is C23H32N4O4S. The molecule has 0 radical (unpaired) electrons. The molecule has 32 heavy (non-hydrogen) atoms. The lowest BCUT2D eigenvalue weighted by molar-refractivity contribution is -0.148. The topological polar surface area (TPSA) is 84.9 Å². The minimum absolute atomic E-state index is 0.0286. The molecule has 9 heteroatoms. The highest BCUT2D eigenvalue weighted by Gasteiger charge is 2.34. The van der Waals surface area contributed by atoms with E-state index in [0.29, 0.717) is 30.4 Å². The zero-order chi connectivity index (χ0) is 23.0. The van der Waals surface area contributed by atoms with Crippen molar-refractivity contribution in [2.24, 2.45) is 5.92 Å². The Morgan fingerprint density at radius 2 is 1.78 bits per heavy atom. The Morgan fingerprint density at radius 3 is 2.41 bits per heavy atom. The summed E-state index contributed by atoms with van der Waals surface area (Å²) in [4.78, 5) is 40.4. The van der Waals surface area contributed by atoms with Crippen molar-refractivity contribution in [3.8, 4) is 0 Å². The predicted octanol–water partition coefficient (Wildman–Crippen LogP) is 3.34. The van der Waals surface area contributed by atoms with Gasteiger partial charge in [-0.25, -0.2) is 14.8 Å². The first-order valence-corrected chi connectivity index (χ1v) is 12.2. The Bertz CT molecular complexity index is 1010. The molecule has 4 heterocycles. The van der Waals surface area contributed by atoms with Gasteiger partial charge in [0.15, 0.2) is 0 Å². The second-order valence-corrected chi connectivity index (χ2v) is 9.81. The summed E-state index contributed by atoms with van der Waals surface area (Å²) in [7, 11) is 0. The molecule has 2 aromatic heterocycles. The van der Waals surface area contributed by atoms with Gasteiger partial charge < -0.3 is 19.3 Å². The third kappa shape index (κ3) is 4.45. The number of hydrogen-bond acceptors (Lipinski definition) is 8. The van der Waals surface area contributed by atoms with Crippen LogP contribution in [0.4, 0.5) is 5.82 Å². The molecule has 174 valence electrons. The summed E-state index contributed by atoms with van der Waals surface area (Å²) in [5.41, 5.74) is 0.868. The van der Waals surface area contributed by atoms with E-state index in [1.54, 1.807) is 6.92 Å². The number of piperidine rings is 1. The normalized spacial score (nSPS) is 22.4. The van der Waals surface area contributed by atoms with E-state index in [1.807, 2.05) is 32.6 Å². The highest BCUT2D eigenvalue weighted by molar-refractivity contribution is 7.20. The molecule has 2 atom stereocenters. The van der Waals surface area contributed by atoms with E-state index in [-0.39, 0.29) is 30.0 Å². The third-order valence-corrected chi connectivity index (χ3v) is 7.38. The highest BCUT2D eigenvalue weighted by Crippen LogP contribution is 2.37. The quantitative estimate of drug-likeness (QED) is 0.647. The van der Waals surface area contributed by atoms with Crippen LogP contribution in [0.3, 0.4) is 0 Å². The van der Waals surface area contributed by atoms with Gasteiger partial charge >= 0.3 is 5.97 Å².